The number of amides is 1. The van der Waals surface area contributed by atoms with E-state index in [2.05, 4.69) is 5.32 Å². The lowest BCUT2D eigenvalue weighted by Gasteiger charge is -2.06. The number of hydrogen-bond donors (Lipinski definition) is 2. The van der Waals surface area contributed by atoms with Gasteiger partial charge in [0, 0.05) is 17.3 Å². The highest BCUT2D eigenvalue weighted by Crippen LogP contribution is 2.26. The molecule has 2 N–H and O–H groups in total. The minimum atomic E-state index is -0.485. The number of anilines is 1. The normalized spacial score (nSPS) is 10.1. The first-order valence-electron chi connectivity index (χ1n) is 5.12. The Labute approximate surface area is 108 Å². The maximum atomic E-state index is 12.9. The fraction of sp³-hybridized carbons (Fsp3) is 0. The van der Waals surface area contributed by atoms with Gasteiger partial charge in [-0.3, -0.25) is 4.79 Å². The molecule has 0 saturated carbocycles. The second-order valence-corrected chi connectivity index (χ2v) is 4.04. The molecule has 0 aliphatic heterocycles. The molecule has 0 spiro atoms. The average Bonchev–Trinajstić information content (AvgIpc) is 2.34. The van der Waals surface area contributed by atoms with E-state index < -0.39 is 11.7 Å². The van der Waals surface area contributed by atoms with Crippen molar-refractivity contribution in [3.8, 4) is 5.75 Å². The maximum absolute atomic E-state index is 12.9. The molecule has 0 aliphatic carbocycles. The van der Waals surface area contributed by atoms with E-state index in [0.717, 1.165) is 6.07 Å². The van der Waals surface area contributed by atoms with Crippen molar-refractivity contribution in [3.05, 3.63) is 58.9 Å². The molecule has 3 nitrogen and oxygen atoms in total. The van der Waals surface area contributed by atoms with Crippen molar-refractivity contribution in [1.29, 1.82) is 0 Å². The Bertz CT molecular complexity index is 601. The Morgan fingerprint density at radius 1 is 1.22 bits per heavy atom. The van der Waals surface area contributed by atoms with Crippen LogP contribution < -0.4 is 5.32 Å². The quantitative estimate of drug-likeness (QED) is 0.874. The summed E-state index contributed by atoms with van der Waals surface area (Å²) in [6.07, 6.45) is 0. The molecule has 0 unspecified atom stereocenters. The second-order valence-electron chi connectivity index (χ2n) is 3.63. The van der Waals surface area contributed by atoms with Gasteiger partial charge < -0.3 is 10.4 Å². The first-order chi connectivity index (χ1) is 8.56. The van der Waals surface area contributed by atoms with Crippen molar-refractivity contribution in [2.75, 3.05) is 5.32 Å². The predicted molar refractivity (Wildman–Crippen MR) is 67.5 cm³/mol. The van der Waals surface area contributed by atoms with Gasteiger partial charge in [0.1, 0.15) is 11.6 Å². The molecule has 2 aromatic carbocycles. The van der Waals surface area contributed by atoms with Crippen LogP contribution in [-0.2, 0) is 0 Å². The Kier molecular flexibility index (Phi) is 3.48. The molecule has 5 heteroatoms. The van der Waals surface area contributed by atoms with Gasteiger partial charge in [-0.15, -0.1) is 0 Å². The van der Waals surface area contributed by atoms with Crippen molar-refractivity contribution in [2.45, 2.75) is 0 Å². The molecule has 0 radical (unpaired) electrons. The molecule has 0 fully saturated rings. The summed E-state index contributed by atoms with van der Waals surface area (Å²) in [4.78, 5) is 11.8. The molecule has 2 aromatic rings. The first-order valence-corrected chi connectivity index (χ1v) is 5.49. The van der Waals surface area contributed by atoms with Gasteiger partial charge in [0.2, 0.25) is 0 Å². The number of halogens is 2. The molecule has 0 bridgehead atoms. The third-order valence-electron chi connectivity index (χ3n) is 2.29. The number of aromatic hydroxyl groups is 1. The number of benzene rings is 2. The summed E-state index contributed by atoms with van der Waals surface area (Å²) >= 11 is 5.64. The van der Waals surface area contributed by atoms with Gasteiger partial charge in [-0.05, 0) is 30.3 Å². The SMILES string of the molecule is O=C(Nc1ccc(Cl)c(O)c1)c1cccc(F)c1. The van der Waals surface area contributed by atoms with Crippen molar-refractivity contribution in [3.63, 3.8) is 0 Å². The lowest BCUT2D eigenvalue weighted by atomic mass is 10.2. The van der Waals surface area contributed by atoms with Crippen LogP contribution in [0.5, 0.6) is 5.75 Å². The molecule has 0 heterocycles. The molecule has 92 valence electrons. The number of phenols is 1. The minimum Gasteiger partial charge on any atom is -0.506 e. The largest absolute Gasteiger partial charge is 0.506 e. The van der Waals surface area contributed by atoms with Gasteiger partial charge in [0.05, 0.1) is 5.02 Å². The Hall–Kier alpha value is -2.07. The van der Waals surface area contributed by atoms with E-state index in [-0.39, 0.29) is 16.3 Å². The number of hydrogen-bond acceptors (Lipinski definition) is 2. The third kappa shape index (κ3) is 2.78. The lowest BCUT2D eigenvalue weighted by Crippen LogP contribution is -2.11. The summed E-state index contributed by atoms with van der Waals surface area (Å²) in [7, 11) is 0. The molecule has 2 rings (SSSR count). The van der Waals surface area contributed by atoms with Crippen LogP contribution in [0, 0.1) is 5.82 Å². The number of carbonyl (C=O) groups excluding carboxylic acids is 1. The van der Waals surface area contributed by atoms with Gasteiger partial charge in [-0.1, -0.05) is 17.7 Å². The molecule has 18 heavy (non-hydrogen) atoms. The van der Waals surface area contributed by atoms with Gasteiger partial charge in [-0.25, -0.2) is 4.39 Å². The van der Waals surface area contributed by atoms with Crippen LogP contribution in [0.15, 0.2) is 42.5 Å². The van der Waals surface area contributed by atoms with Gasteiger partial charge in [0.25, 0.3) is 5.91 Å². The van der Waals surface area contributed by atoms with E-state index in [0.29, 0.717) is 5.69 Å². The molecule has 0 aliphatic rings. The molecular weight excluding hydrogens is 257 g/mol. The number of carbonyl (C=O) groups is 1. The zero-order valence-electron chi connectivity index (χ0n) is 9.15. The first kappa shape index (κ1) is 12.4. The van der Waals surface area contributed by atoms with E-state index >= 15 is 0 Å². The van der Waals surface area contributed by atoms with Crippen molar-refractivity contribution in [2.24, 2.45) is 0 Å². The van der Waals surface area contributed by atoms with E-state index in [4.69, 9.17) is 11.6 Å². The van der Waals surface area contributed by atoms with Crippen LogP contribution in [0.25, 0.3) is 0 Å². The average molecular weight is 266 g/mol. The predicted octanol–water partition coefficient (Wildman–Crippen LogP) is 3.44. The molecular formula is C13H9ClFNO2. The summed E-state index contributed by atoms with van der Waals surface area (Å²) in [6, 6.07) is 9.64. The highest BCUT2D eigenvalue weighted by molar-refractivity contribution is 6.32. The summed E-state index contributed by atoms with van der Waals surface area (Å²) in [5, 5.41) is 12.1. The van der Waals surface area contributed by atoms with Crippen LogP contribution in [0.4, 0.5) is 10.1 Å². The molecule has 0 saturated heterocycles. The summed E-state index contributed by atoms with van der Waals surface area (Å²) in [5.41, 5.74) is 0.579. The summed E-state index contributed by atoms with van der Waals surface area (Å²) in [6.45, 7) is 0. The minimum absolute atomic E-state index is 0.131. The number of rotatable bonds is 2. The number of phenolic OH excluding ortho intramolecular Hbond substituents is 1. The Morgan fingerprint density at radius 2 is 2.00 bits per heavy atom. The van der Waals surface area contributed by atoms with Gasteiger partial charge in [-0.2, -0.15) is 0 Å². The van der Waals surface area contributed by atoms with Crippen molar-refractivity contribution in [1.82, 2.24) is 0 Å². The van der Waals surface area contributed by atoms with Crippen LogP contribution in [-0.4, -0.2) is 11.0 Å². The van der Waals surface area contributed by atoms with E-state index in [1.165, 1.54) is 30.3 Å². The Balaban J connectivity index is 2.18. The summed E-state index contributed by atoms with van der Waals surface area (Å²) < 4.78 is 12.9. The van der Waals surface area contributed by atoms with Crippen LogP contribution >= 0.6 is 11.6 Å². The van der Waals surface area contributed by atoms with E-state index in [9.17, 15) is 14.3 Å². The molecule has 0 atom stereocenters. The fourth-order valence-corrected chi connectivity index (χ4v) is 1.54. The van der Waals surface area contributed by atoms with Crippen LogP contribution in [0.3, 0.4) is 0 Å². The zero-order valence-corrected chi connectivity index (χ0v) is 9.91. The highest BCUT2D eigenvalue weighted by atomic mass is 35.5. The number of nitrogens with one attached hydrogen (secondary N) is 1. The second kappa shape index (κ2) is 5.06. The topological polar surface area (TPSA) is 49.3 Å². The molecule has 0 aromatic heterocycles. The van der Waals surface area contributed by atoms with Crippen LogP contribution in [0.1, 0.15) is 10.4 Å². The maximum Gasteiger partial charge on any atom is 0.255 e. The highest BCUT2D eigenvalue weighted by Gasteiger charge is 2.08. The lowest BCUT2D eigenvalue weighted by molar-refractivity contribution is 0.102. The fourth-order valence-electron chi connectivity index (χ4n) is 1.42. The van der Waals surface area contributed by atoms with Crippen molar-refractivity contribution >= 4 is 23.2 Å². The van der Waals surface area contributed by atoms with Crippen LogP contribution in [0.2, 0.25) is 5.02 Å². The smallest absolute Gasteiger partial charge is 0.255 e. The van der Waals surface area contributed by atoms with E-state index in [1.807, 2.05) is 0 Å². The zero-order chi connectivity index (χ0) is 13.1. The molecule has 1 amide bonds. The van der Waals surface area contributed by atoms with E-state index in [1.54, 1.807) is 6.07 Å². The Morgan fingerprint density at radius 3 is 2.67 bits per heavy atom. The third-order valence-corrected chi connectivity index (χ3v) is 2.61. The van der Waals surface area contributed by atoms with Gasteiger partial charge in [0.15, 0.2) is 0 Å². The van der Waals surface area contributed by atoms with Gasteiger partial charge >= 0.3 is 0 Å². The monoisotopic (exact) mass is 265 g/mol. The summed E-state index contributed by atoms with van der Waals surface area (Å²) in [5.74, 6) is -1.08. The van der Waals surface area contributed by atoms with Crippen molar-refractivity contribution < 1.29 is 14.3 Å². The standard InChI is InChI=1S/C13H9ClFNO2/c14-11-5-4-10(7-12(11)17)16-13(18)8-2-1-3-9(15)6-8/h1-7,17H,(H,16,18).